The zero-order valence-electron chi connectivity index (χ0n) is 15.6. The maximum absolute atomic E-state index is 13.3. The third-order valence-electron chi connectivity index (χ3n) is 4.42. The molecule has 0 aliphatic heterocycles. The van der Waals surface area contributed by atoms with Crippen LogP contribution < -0.4 is 5.32 Å². The molecule has 1 heterocycles. The summed E-state index contributed by atoms with van der Waals surface area (Å²) in [6, 6.07) is 12.3. The van der Waals surface area contributed by atoms with Gasteiger partial charge in [-0.25, -0.2) is 0 Å². The molecular formula is C20H15ClF3N3O3S. The Labute approximate surface area is 183 Å². The lowest BCUT2D eigenvalue weighted by atomic mass is 10.0. The van der Waals surface area contributed by atoms with Crippen molar-refractivity contribution in [2.75, 3.05) is 5.32 Å². The summed E-state index contributed by atoms with van der Waals surface area (Å²) < 4.78 is 40.0. The summed E-state index contributed by atoms with van der Waals surface area (Å²) in [6.07, 6.45) is -4.75. The van der Waals surface area contributed by atoms with E-state index in [9.17, 15) is 28.5 Å². The standard InChI is InChI=1S/C20H15ClF3N3O3S/c21-13-5-3-12(4-6-13)16(26-28)11-17(19-2-1-9-31-19)25-14-7-8-18(27(29)30)15(10-14)20(22,23)24/h1-10,17,25,28H,11H2/b26-16-. The predicted molar refractivity (Wildman–Crippen MR) is 113 cm³/mol. The van der Waals surface area contributed by atoms with Crippen molar-refractivity contribution in [3.8, 4) is 0 Å². The third-order valence-corrected chi connectivity index (χ3v) is 5.66. The van der Waals surface area contributed by atoms with Gasteiger partial charge in [0.05, 0.1) is 16.7 Å². The van der Waals surface area contributed by atoms with Crippen molar-refractivity contribution in [2.24, 2.45) is 5.16 Å². The second kappa shape index (κ2) is 9.36. The van der Waals surface area contributed by atoms with Gasteiger partial charge in [-0.15, -0.1) is 11.3 Å². The van der Waals surface area contributed by atoms with E-state index in [4.69, 9.17) is 11.6 Å². The lowest BCUT2D eigenvalue weighted by Gasteiger charge is -2.20. The Hall–Kier alpha value is -3.11. The average Bonchev–Trinajstić information content (AvgIpc) is 3.26. The van der Waals surface area contributed by atoms with Crippen LogP contribution in [-0.4, -0.2) is 15.8 Å². The first kappa shape index (κ1) is 22.6. The van der Waals surface area contributed by atoms with Crippen LogP contribution in [0.1, 0.15) is 28.5 Å². The molecule has 31 heavy (non-hydrogen) atoms. The van der Waals surface area contributed by atoms with Crippen LogP contribution >= 0.6 is 22.9 Å². The number of rotatable bonds is 7. The normalized spacial score (nSPS) is 13.1. The van der Waals surface area contributed by atoms with Gasteiger partial charge in [0.25, 0.3) is 5.69 Å². The van der Waals surface area contributed by atoms with E-state index in [-0.39, 0.29) is 12.1 Å². The van der Waals surface area contributed by atoms with E-state index in [0.717, 1.165) is 10.9 Å². The zero-order valence-corrected chi connectivity index (χ0v) is 17.2. The third kappa shape index (κ3) is 5.53. The van der Waals surface area contributed by atoms with E-state index in [1.165, 1.54) is 17.4 Å². The molecule has 6 nitrogen and oxygen atoms in total. The molecule has 2 aromatic carbocycles. The van der Waals surface area contributed by atoms with E-state index in [0.29, 0.717) is 22.4 Å². The maximum Gasteiger partial charge on any atom is 0.423 e. The van der Waals surface area contributed by atoms with Gasteiger partial charge in [-0.05, 0) is 41.3 Å². The van der Waals surface area contributed by atoms with Gasteiger partial charge in [0, 0.05) is 28.1 Å². The van der Waals surface area contributed by atoms with Gasteiger partial charge in [-0.3, -0.25) is 10.1 Å². The van der Waals surface area contributed by atoms with E-state index >= 15 is 0 Å². The van der Waals surface area contributed by atoms with Crippen LogP contribution in [0.5, 0.6) is 0 Å². The molecule has 11 heteroatoms. The number of oxime groups is 1. The summed E-state index contributed by atoms with van der Waals surface area (Å²) in [5.41, 5.74) is -1.44. The van der Waals surface area contributed by atoms with Crippen LogP contribution in [-0.2, 0) is 6.18 Å². The van der Waals surface area contributed by atoms with Gasteiger partial charge in [-0.2, -0.15) is 13.2 Å². The molecule has 0 saturated heterocycles. The second-order valence-electron chi connectivity index (χ2n) is 6.46. The molecule has 0 bridgehead atoms. The monoisotopic (exact) mass is 469 g/mol. The predicted octanol–water partition coefficient (Wildman–Crippen LogP) is 6.75. The van der Waals surface area contributed by atoms with Crippen molar-refractivity contribution in [3.63, 3.8) is 0 Å². The fraction of sp³-hybridized carbons (Fsp3) is 0.150. The Bertz CT molecular complexity index is 1090. The first-order chi connectivity index (χ1) is 14.7. The van der Waals surface area contributed by atoms with Crippen molar-refractivity contribution in [2.45, 2.75) is 18.6 Å². The van der Waals surface area contributed by atoms with Crippen LogP contribution in [0.2, 0.25) is 5.02 Å². The number of hydrogen-bond donors (Lipinski definition) is 2. The topological polar surface area (TPSA) is 87.8 Å². The van der Waals surface area contributed by atoms with Crippen molar-refractivity contribution in [1.82, 2.24) is 0 Å². The fourth-order valence-corrected chi connectivity index (χ4v) is 3.88. The Morgan fingerprint density at radius 2 is 1.94 bits per heavy atom. The minimum atomic E-state index is -4.89. The minimum Gasteiger partial charge on any atom is -0.411 e. The molecule has 1 unspecified atom stereocenters. The smallest absolute Gasteiger partial charge is 0.411 e. The van der Waals surface area contributed by atoms with Gasteiger partial charge < -0.3 is 10.5 Å². The van der Waals surface area contributed by atoms with Crippen LogP contribution in [0.25, 0.3) is 0 Å². The van der Waals surface area contributed by atoms with E-state index < -0.39 is 28.4 Å². The number of hydrogen-bond acceptors (Lipinski definition) is 6. The highest BCUT2D eigenvalue weighted by Gasteiger charge is 2.38. The molecule has 0 aliphatic carbocycles. The number of nitro benzene ring substituents is 1. The molecular weight excluding hydrogens is 455 g/mol. The second-order valence-corrected chi connectivity index (χ2v) is 7.87. The summed E-state index contributed by atoms with van der Waals surface area (Å²) in [7, 11) is 0. The van der Waals surface area contributed by atoms with Crippen molar-refractivity contribution < 1.29 is 23.3 Å². The first-order valence-electron chi connectivity index (χ1n) is 8.81. The number of nitro groups is 1. The van der Waals surface area contributed by atoms with Gasteiger partial charge in [-0.1, -0.05) is 35.0 Å². The molecule has 3 rings (SSSR count). The average molecular weight is 470 g/mol. The largest absolute Gasteiger partial charge is 0.423 e. The van der Waals surface area contributed by atoms with Crippen LogP contribution in [0.15, 0.2) is 65.1 Å². The zero-order chi connectivity index (χ0) is 22.6. The minimum absolute atomic E-state index is 0.0460. The number of halogens is 4. The van der Waals surface area contributed by atoms with Gasteiger partial charge in [0.1, 0.15) is 5.56 Å². The quantitative estimate of drug-likeness (QED) is 0.173. The van der Waals surface area contributed by atoms with Crippen LogP contribution in [0, 0.1) is 10.1 Å². The van der Waals surface area contributed by atoms with Crippen molar-refractivity contribution >= 4 is 40.0 Å². The maximum atomic E-state index is 13.3. The fourth-order valence-electron chi connectivity index (χ4n) is 2.98. The number of thiophene rings is 1. The summed E-state index contributed by atoms with van der Waals surface area (Å²) in [6.45, 7) is 0. The number of benzene rings is 2. The molecule has 0 fully saturated rings. The molecule has 162 valence electrons. The Morgan fingerprint density at radius 3 is 2.48 bits per heavy atom. The summed E-state index contributed by atoms with van der Waals surface area (Å²) in [5, 5.41) is 29.1. The molecule has 2 N–H and O–H groups in total. The molecule has 0 spiro atoms. The molecule has 0 radical (unpaired) electrons. The highest BCUT2D eigenvalue weighted by molar-refractivity contribution is 7.10. The first-order valence-corrected chi connectivity index (χ1v) is 10.1. The molecule has 0 amide bonds. The molecule has 3 aromatic rings. The summed E-state index contributed by atoms with van der Waals surface area (Å²) in [4.78, 5) is 10.7. The number of anilines is 1. The number of nitrogens with zero attached hydrogens (tertiary/aromatic N) is 2. The number of alkyl halides is 3. The van der Waals surface area contributed by atoms with Crippen LogP contribution in [0.4, 0.5) is 24.5 Å². The Kier molecular flexibility index (Phi) is 6.81. The molecule has 0 saturated carbocycles. The highest BCUT2D eigenvalue weighted by Crippen LogP contribution is 2.38. The molecule has 0 aliphatic rings. The van der Waals surface area contributed by atoms with Crippen molar-refractivity contribution in [3.05, 3.63) is 91.1 Å². The summed E-state index contributed by atoms with van der Waals surface area (Å²) in [5.74, 6) is 0. The summed E-state index contributed by atoms with van der Waals surface area (Å²) >= 11 is 7.26. The van der Waals surface area contributed by atoms with Gasteiger partial charge in [0.2, 0.25) is 0 Å². The Morgan fingerprint density at radius 1 is 1.23 bits per heavy atom. The SMILES string of the molecule is O=[N+]([O-])c1ccc(NC(C/C(=N/O)c2ccc(Cl)cc2)c2cccs2)cc1C(F)(F)F. The van der Waals surface area contributed by atoms with Gasteiger partial charge in [0.15, 0.2) is 0 Å². The lowest BCUT2D eigenvalue weighted by Crippen LogP contribution is -2.16. The Balaban J connectivity index is 1.94. The molecule has 1 aromatic heterocycles. The van der Waals surface area contributed by atoms with E-state index in [1.807, 2.05) is 0 Å². The number of nitrogens with one attached hydrogen (secondary N) is 1. The van der Waals surface area contributed by atoms with E-state index in [2.05, 4.69) is 10.5 Å². The van der Waals surface area contributed by atoms with Gasteiger partial charge >= 0.3 is 6.18 Å². The van der Waals surface area contributed by atoms with E-state index in [1.54, 1.807) is 41.8 Å². The van der Waals surface area contributed by atoms with Crippen molar-refractivity contribution in [1.29, 1.82) is 0 Å². The molecule has 1 atom stereocenters. The highest BCUT2D eigenvalue weighted by atomic mass is 35.5. The lowest BCUT2D eigenvalue weighted by molar-refractivity contribution is -0.388. The van der Waals surface area contributed by atoms with Crippen LogP contribution in [0.3, 0.4) is 0 Å².